The Balaban J connectivity index is 1.52. The summed E-state index contributed by atoms with van der Waals surface area (Å²) in [7, 11) is 0. The maximum Gasteiger partial charge on any atom is 0.272 e. The molecule has 0 saturated heterocycles. The summed E-state index contributed by atoms with van der Waals surface area (Å²) in [5.74, 6) is -0.375. The van der Waals surface area contributed by atoms with Crippen molar-refractivity contribution in [1.29, 1.82) is 0 Å². The zero-order chi connectivity index (χ0) is 22.7. The van der Waals surface area contributed by atoms with Crippen LogP contribution in [0.15, 0.2) is 63.9 Å². The second-order valence-corrected chi connectivity index (χ2v) is 9.39. The van der Waals surface area contributed by atoms with E-state index in [0.717, 1.165) is 16.7 Å². The van der Waals surface area contributed by atoms with Gasteiger partial charge in [0.2, 0.25) is 5.91 Å². The number of nitrogens with zero attached hydrogens (tertiary/aromatic N) is 2. The fourth-order valence-corrected chi connectivity index (χ4v) is 4.85. The van der Waals surface area contributed by atoms with Crippen LogP contribution >= 0.6 is 23.1 Å². The molecule has 2 heterocycles. The molecule has 0 radical (unpaired) electrons. The van der Waals surface area contributed by atoms with E-state index in [1.54, 1.807) is 16.7 Å². The van der Waals surface area contributed by atoms with Gasteiger partial charge in [0.25, 0.3) is 5.56 Å². The van der Waals surface area contributed by atoms with Gasteiger partial charge in [-0.1, -0.05) is 42.1 Å². The van der Waals surface area contributed by atoms with Crippen molar-refractivity contribution >= 4 is 39.2 Å². The third-order valence-electron chi connectivity index (χ3n) is 5.18. The van der Waals surface area contributed by atoms with Gasteiger partial charge in [-0.3, -0.25) is 14.2 Å². The topological polar surface area (TPSA) is 64.0 Å². The predicted molar refractivity (Wildman–Crippen MR) is 128 cm³/mol. The van der Waals surface area contributed by atoms with Crippen molar-refractivity contribution in [3.8, 4) is 0 Å². The van der Waals surface area contributed by atoms with E-state index in [1.807, 2.05) is 30.5 Å². The monoisotopic (exact) mass is 467 g/mol. The summed E-state index contributed by atoms with van der Waals surface area (Å²) in [6, 6.07) is 13.9. The Morgan fingerprint density at radius 3 is 2.59 bits per heavy atom. The lowest BCUT2D eigenvalue weighted by Gasteiger charge is -2.13. The average molecular weight is 468 g/mol. The minimum Gasteiger partial charge on any atom is -0.351 e. The van der Waals surface area contributed by atoms with Crippen LogP contribution in [0.5, 0.6) is 0 Å². The van der Waals surface area contributed by atoms with Gasteiger partial charge in [0.1, 0.15) is 10.5 Å². The molecule has 0 unspecified atom stereocenters. The Morgan fingerprint density at radius 2 is 1.84 bits per heavy atom. The highest BCUT2D eigenvalue weighted by molar-refractivity contribution is 7.99. The van der Waals surface area contributed by atoms with Crippen LogP contribution in [-0.2, 0) is 17.9 Å². The predicted octanol–water partition coefficient (Wildman–Crippen LogP) is 4.67. The van der Waals surface area contributed by atoms with Gasteiger partial charge in [-0.2, -0.15) is 0 Å². The summed E-state index contributed by atoms with van der Waals surface area (Å²) in [5.41, 5.74) is 4.73. The number of aryl methyl sites for hydroxylation is 2. The SMILES string of the molecule is Cc1ccc(Cn2c(SCC(=O)NCc3ccc(F)cc3)nc3ccsc3c2=O)cc1C. The van der Waals surface area contributed by atoms with Crippen LogP contribution in [0.2, 0.25) is 0 Å². The summed E-state index contributed by atoms with van der Waals surface area (Å²) in [6.07, 6.45) is 0. The first-order valence-corrected chi connectivity index (χ1v) is 12.0. The number of halogens is 1. The summed E-state index contributed by atoms with van der Waals surface area (Å²) in [4.78, 5) is 30.2. The van der Waals surface area contributed by atoms with Crippen molar-refractivity contribution in [3.63, 3.8) is 0 Å². The molecule has 2 aromatic heterocycles. The number of thioether (sulfide) groups is 1. The van der Waals surface area contributed by atoms with E-state index in [1.165, 1.54) is 40.8 Å². The van der Waals surface area contributed by atoms with Gasteiger partial charge in [-0.05, 0) is 59.7 Å². The quantitative estimate of drug-likeness (QED) is 0.317. The first-order chi connectivity index (χ1) is 15.4. The van der Waals surface area contributed by atoms with Gasteiger partial charge >= 0.3 is 0 Å². The van der Waals surface area contributed by atoms with Crippen LogP contribution in [0.25, 0.3) is 10.2 Å². The summed E-state index contributed by atoms with van der Waals surface area (Å²) < 4.78 is 15.3. The van der Waals surface area contributed by atoms with E-state index >= 15 is 0 Å². The molecule has 0 aliphatic heterocycles. The zero-order valence-electron chi connectivity index (χ0n) is 17.7. The van der Waals surface area contributed by atoms with E-state index < -0.39 is 0 Å². The van der Waals surface area contributed by atoms with E-state index in [4.69, 9.17) is 0 Å². The molecule has 0 atom stereocenters. The minimum absolute atomic E-state index is 0.0996. The number of aromatic nitrogens is 2. The van der Waals surface area contributed by atoms with Crippen LogP contribution in [0.3, 0.4) is 0 Å². The van der Waals surface area contributed by atoms with Crippen molar-refractivity contribution in [2.45, 2.75) is 32.1 Å². The van der Waals surface area contributed by atoms with Crippen LogP contribution in [0.1, 0.15) is 22.3 Å². The minimum atomic E-state index is -0.313. The molecular formula is C24H22FN3O2S2. The van der Waals surface area contributed by atoms with E-state index in [0.29, 0.717) is 28.5 Å². The molecule has 0 fully saturated rings. The number of hydrogen-bond acceptors (Lipinski definition) is 5. The Bertz CT molecular complexity index is 1330. The molecule has 164 valence electrons. The van der Waals surface area contributed by atoms with Crippen LogP contribution < -0.4 is 10.9 Å². The number of rotatable bonds is 7. The molecule has 4 rings (SSSR count). The van der Waals surface area contributed by atoms with Crippen LogP contribution in [0.4, 0.5) is 4.39 Å². The lowest BCUT2D eigenvalue weighted by atomic mass is 10.1. The Kier molecular flexibility index (Phi) is 6.72. The van der Waals surface area contributed by atoms with Gasteiger partial charge in [0.15, 0.2) is 5.16 Å². The number of hydrogen-bond donors (Lipinski definition) is 1. The average Bonchev–Trinajstić information content (AvgIpc) is 3.25. The zero-order valence-corrected chi connectivity index (χ0v) is 19.4. The normalized spacial score (nSPS) is 11.1. The van der Waals surface area contributed by atoms with Gasteiger partial charge in [0.05, 0.1) is 17.8 Å². The molecule has 0 bridgehead atoms. The van der Waals surface area contributed by atoms with Gasteiger partial charge < -0.3 is 5.32 Å². The number of carbonyl (C=O) groups is 1. The second-order valence-electron chi connectivity index (χ2n) is 7.53. The van der Waals surface area contributed by atoms with Crippen LogP contribution in [0, 0.1) is 19.7 Å². The number of benzene rings is 2. The molecule has 4 aromatic rings. The highest BCUT2D eigenvalue weighted by Gasteiger charge is 2.15. The molecule has 2 aromatic carbocycles. The first-order valence-electron chi connectivity index (χ1n) is 10.1. The molecule has 0 spiro atoms. The Morgan fingerprint density at radius 1 is 1.09 bits per heavy atom. The number of nitrogens with one attached hydrogen (secondary N) is 1. The Hall–Kier alpha value is -2.97. The molecule has 1 amide bonds. The molecule has 32 heavy (non-hydrogen) atoms. The van der Waals surface area contributed by atoms with Crippen molar-refractivity contribution < 1.29 is 9.18 Å². The Labute approximate surface area is 193 Å². The van der Waals surface area contributed by atoms with E-state index in [9.17, 15) is 14.0 Å². The van der Waals surface area contributed by atoms with Crippen molar-refractivity contribution in [2.75, 3.05) is 5.75 Å². The van der Waals surface area contributed by atoms with Gasteiger partial charge in [-0.25, -0.2) is 9.37 Å². The lowest BCUT2D eigenvalue weighted by molar-refractivity contribution is -0.118. The first kappa shape index (κ1) is 22.2. The highest BCUT2D eigenvalue weighted by atomic mass is 32.2. The largest absolute Gasteiger partial charge is 0.351 e. The molecule has 0 aliphatic rings. The molecule has 5 nitrogen and oxygen atoms in total. The van der Waals surface area contributed by atoms with Gasteiger partial charge in [-0.15, -0.1) is 11.3 Å². The summed E-state index contributed by atoms with van der Waals surface area (Å²) in [5, 5.41) is 5.18. The molecule has 0 aliphatic carbocycles. The van der Waals surface area contributed by atoms with Crippen molar-refractivity contribution in [1.82, 2.24) is 14.9 Å². The number of carbonyl (C=O) groups excluding carboxylic acids is 1. The maximum atomic E-state index is 13.1. The van der Waals surface area contributed by atoms with E-state index in [2.05, 4.69) is 23.3 Å². The van der Waals surface area contributed by atoms with Gasteiger partial charge in [0, 0.05) is 6.54 Å². The standard InChI is InChI=1S/C24H22FN3O2S2/c1-15-3-4-18(11-16(15)2)13-28-23(30)22-20(9-10-31-22)27-24(28)32-14-21(29)26-12-17-5-7-19(25)8-6-17/h3-11H,12-14H2,1-2H3,(H,26,29). The lowest BCUT2D eigenvalue weighted by Crippen LogP contribution is -2.26. The van der Waals surface area contributed by atoms with E-state index in [-0.39, 0.29) is 23.0 Å². The number of thiophene rings is 1. The van der Waals surface area contributed by atoms with Crippen molar-refractivity contribution in [2.24, 2.45) is 0 Å². The molecule has 0 saturated carbocycles. The summed E-state index contributed by atoms with van der Waals surface area (Å²) >= 11 is 2.61. The second kappa shape index (κ2) is 9.67. The number of amides is 1. The van der Waals surface area contributed by atoms with Crippen molar-refractivity contribution in [3.05, 3.63) is 92.3 Å². The van der Waals surface area contributed by atoms with Crippen LogP contribution in [-0.4, -0.2) is 21.2 Å². The molecule has 1 N–H and O–H groups in total. The smallest absolute Gasteiger partial charge is 0.272 e. The molecule has 8 heteroatoms. The fourth-order valence-electron chi connectivity index (χ4n) is 3.24. The third-order valence-corrected chi connectivity index (χ3v) is 7.05. The maximum absolute atomic E-state index is 13.1. The number of fused-ring (bicyclic) bond motifs is 1. The fraction of sp³-hybridized carbons (Fsp3) is 0.208. The third kappa shape index (κ3) is 5.08. The molecular weight excluding hydrogens is 445 g/mol. The summed E-state index contributed by atoms with van der Waals surface area (Å²) in [6.45, 7) is 4.80. The highest BCUT2D eigenvalue weighted by Crippen LogP contribution is 2.22.